The topological polar surface area (TPSA) is 86.7 Å². The van der Waals surface area contributed by atoms with Crippen LogP contribution in [0.15, 0.2) is 24.3 Å². The van der Waals surface area contributed by atoms with E-state index in [0.717, 1.165) is 17.5 Å². The lowest BCUT2D eigenvalue weighted by molar-refractivity contribution is -0.139. The van der Waals surface area contributed by atoms with Crippen molar-refractivity contribution in [3.05, 3.63) is 35.4 Å². The van der Waals surface area contributed by atoms with Crippen LogP contribution in [0.4, 0.5) is 0 Å². The first-order valence-corrected chi connectivity index (χ1v) is 9.65. The minimum Gasteiger partial charge on any atom is -0.379 e. The van der Waals surface area contributed by atoms with Crippen LogP contribution < -0.4 is 5.32 Å². The summed E-state index contributed by atoms with van der Waals surface area (Å²) in [6.07, 6.45) is 2.59. The molecule has 7 heteroatoms. The van der Waals surface area contributed by atoms with E-state index in [2.05, 4.69) is 5.32 Å². The lowest BCUT2D eigenvalue weighted by atomic mass is 9.99. The molecule has 1 aromatic rings. The van der Waals surface area contributed by atoms with Gasteiger partial charge in [-0.3, -0.25) is 4.79 Å². The number of nitrogens with zero attached hydrogens (tertiary/aromatic N) is 1. The molecular weight excluding hydrogens is 316 g/mol. The molecule has 6 nitrogen and oxygen atoms in total. The Hall–Kier alpha value is -1.44. The van der Waals surface area contributed by atoms with Crippen molar-refractivity contribution >= 4 is 15.9 Å². The second-order valence-corrected chi connectivity index (χ2v) is 8.62. The molecule has 2 N–H and O–H groups in total. The molecule has 0 bridgehead atoms. The van der Waals surface area contributed by atoms with Crippen molar-refractivity contribution in [2.75, 3.05) is 25.9 Å². The largest absolute Gasteiger partial charge is 0.379 e. The zero-order valence-electron chi connectivity index (χ0n) is 13.2. The molecule has 1 aliphatic heterocycles. The Morgan fingerprint density at radius 3 is 2.48 bits per heavy atom. The number of rotatable bonds is 4. The van der Waals surface area contributed by atoms with Crippen LogP contribution >= 0.6 is 0 Å². The molecule has 1 unspecified atom stereocenters. The number of sulfonamides is 1. The van der Waals surface area contributed by atoms with Gasteiger partial charge in [0, 0.05) is 32.5 Å². The van der Waals surface area contributed by atoms with Gasteiger partial charge in [0.1, 0.15) is 0 Å². The number of aliphatic hydroxyl groups is 1. The minimum atomic E-state index is -3.17. The maximum absolute atomic E-state index is 12.4. The van der Waals surface area contributed by atoms with Crippen molar-refractivity contribution in [3.63, 3.8) is 0 Å². The van der Waals surface area contributed by atoms with Crippen LogP contribution in [0, 0.1) is 5.92 Å². The van der Waals surface area contributed by atoms with Gasteiger partial charge < -0.3 is 10.4 Å². The standard InChI is InChI=1S/C16H22N2O4S/c1-23(21,22)18-7-6-12(11-18)10-17-15(19)16(20)8-13-4-2-3-5-14(13)9-16/h2-5,12,20H,6-11H2,1H3,(H,17,19). The van der Waals surface area contributed by atoms with E-state index in [1.807, 2.05) is 24.3 Å². The monoisotopic (exact) mass is 338 g/mol. The average Bonchev–Trinajstić information content (AvgIpc) is 3.08. The molecule has 1 saturated heterocycles. The summed E-state index contributed by atoms with van der Waals surface area (Å²) in [5.74, 6) is -0.271. The van der Waals surface area contributed by atoms with Crippen molar-refractivity contribution in [1.29, 1.82) is 0 Å². The quantitative estimate of drug-likeness (QED) is 0.804. The number of amides is 1. The van der Waals surface area contributed by atoms with Crippen molar-refractivity contribution < 1.29 is 18.3 Å². The Bertz CT molecular complexity index is 692. The van der Waals surface area contributed by atoms with Gasteiger partial charge >= 0.3 is 0 Å². The maximum Gasteiger partial charge on any atom is 0.252 e. The fraction of sp³-hybridized carbons (Fsp3) is 0.562. The van der Waals surface area contributed by atoms with E-state index in [4.69, 9.17) is 0 Å². The van der Waals surface area contributed by atoms with E-state index in [9.17, 15) is 18.3 Å². The second kappa shape index (κ2) is 5.89. The molecule has 126 valence electrons. The molecular formula is C16H22N2O4S. The lowest BCUT2D eigenvalue weighted by Crippen LogP contribution is -2.49. The van der Waals surface area contributed by atoms with Crippen LogP contribution in [-0.4, -0.2) is 55.2 Å². The molecule has 1 aliphatic carbocycles. The normalized spacial score (nSPS) is 23.7. The molecule has 1 fully saturated rings. The van der Waals surface area contributed by atoms with E-state index >= 15 is 0 Å². The Morgan fingerprint density at radius 1 is 1.35 bits per heavy atom. The van der Waals surface area contributed by atoms with Crippen molar-refractivity contribution in [2.45, 2.75) is 24.9 Å². The number of carbonyl (C=O) groups excluding carboxylic acids is 1. The molecule has 1 amide bonds. The van der Waals surface area contributed by atoms with Gasteiger partial charge in [-0.15, -0.1) is 0 Å². The van der Waals surface area contributed by atoms with Crippen molar-refractivity contribution in [3.8, 4) is 0 Å². The van der Waals surface area contributed by atoms with E-state index in [0.29, 0.717) is 32.5 Å². The summed E-state index contributed by atoms with van der Waals surface area (Å²) in [7, 11) is -3.17. The summed E-state index contributed by atoms with van der Waals surface area (Å²) in [4.78, 5) is 12.4. The Kier molecular flexibility index (Phi) is 4.20. The van der Waals surface area contributed by atoms with Crippen LogP contribution in [0.5, 0.6) is 0 Å². The average molecular weight is 338 g/mol. The predicted octanol–water partition coefficient (Wildman–Crippen LogP) is -0.0860. The van der Waals surface area contributed by atoms with E-state index < -0.39 is 15.6 Å². The summed E-state index contributed by atoms with van der Waals surface area (Å²) in [5.41, 5.74) is 0.627. The zero-order chi connectivity index (χ0) is 16.7. The van der Waals surface area contributed by atoms with Crippen LogP contribution in [0.1, 0.15) is 17.5 Å². The van der Waals surface area contributed by atoms with Crippen LogP contribution in [-0.2, 0) is 27.7 Å². The van der Waals surface area contributed by atoms with E-state index in [1.54, 1.807) is 0 Å². The molecule has 1 aromatic carbocycles. The third-order valence-electron chi connectivity index (χ3n) is 4.78. The van der Waals surface area contributed by atoms with Gasteiger partial charge in [0.05, 0.1) is 6.26 Å². The van der Waals surface area contributed by atoms with Crippen molar-refractivity contribution in [2.24, 2.45) is 5.92 Å². The number of carbonyl (C=O) groups is 1. The first-order chi connectivity index (χ1) is 10.8. The van der Waals surface area contributed by atoms with Crippen LogP contribution in [0.2, 0.25) is 0 Å². The summed E-state index contributed by atoms with van der Waals surface area (Å²) in [6, 6.07) is 7.67. The summed E-state index contributed by atoms with van der Waals surface area (Å²) < 4.78 is 24.4. The number of fused-ring (bicyclic) bond motifs is 1. The molecule has 23 heavy (non-hydrogen) atoms. The smallest absolute Gasteiger partial charge is 0.252 e. The van der Waals surface area contributed by atoms with Gasteiger partial charge in [0.15, 0.2) is 5.60 Å². The van der Waals surface area contributed by atoms with Gasteiger partial charge in [-0.05, 0) is 23.5 Å². The highest BCUT2D eigenvalue weighted by molar-refractivity contribution is 7.88. The second-order valence-electron chi connectivity index (χ2n) is 6.64. The molecule has 1 atom stereocenters. The van der Waals surface area contributed by atoms with Crippen molar-refractivity contribution in [1.82, 2.24) is 9.62 Å². The highest BCUT2D eigenvalue weighted by Gasteiger charge is 2.42. The lowest BCUT2D eigenvalue weighted by Gasteiger charge is -2.22. The molecule has 3 rings (SSSR count). The summed E-state index contributed by atoms with van der Waals surface area (Å²) in [6.45, 7) is 1.32. The number of hydrogen-bond acceptors (Lipinski definition) is 4. The zero-order valence-corrected chi connectivity index (χ0v) is 14.0. The highest BCUT2D eigenvalue weighted by atomic mass is 32.2. The molecule has 0 saturated carbocycles. The number of nitrogens with one attached hydrogen (secondary N) is 1. The third-order valence-corrected chi connectivity index (χ3v) is 6.05. The molecule has 1 heterocycles. The maximum atomic E-state index is 12.4. The number of hydrogen-bond donors (Lipinski definition) is 2. The van der Waals surface area contributed by atoms with E-state index in [-0.39, 0.29) is 11.8 Å². The minimum absolute atomic E-state index is 0.0982. The van der Waals surface area contributed by atoms with Gasteiger partial charge in [0.2, 0.25) is 10.0 Å². The SMILES string of the molecule is CS(=O)(=O)N1CCC(CNC(=O)C2(O)Cc3ccccc3C2)C1. The summed E-state index contributed by atoms with van der Waals surface area (Å²) in [5, 5.41) is 13.4. The van der Waals surface area contributed by atoms with E-state index in [1.165, 1.54) is 10.6 Å². The first kappa shape index (κ1) is 16.4. The Morgan fingerprint density at radius 2 is 1.96 bits per heavy atom. The number of benzene rings is 1. The third kappa shape index (κ3) is 3.41. The highest BCUT2D eigenvalue weighted by Crippen LogP contribution is 2.30. The Labute approximate surface area is 136 Å². The van der Waals surface area contributed by atoms with Gasteiger partial charge in [0.25, 0.3) is 5.91 Å². The fourth-order valence-electron chi connectivity index (χ4n) is 3.42. The fourth-order valence-corrected chi connectivity index (χ4v) is 4.34. The van der Waals surface area contributed by atoms with Gasteiger partial charge in [-0.1, -0.05) is 24.3 Å². The Balaban J connectivity index is 1.55. The predicted molar refractivity (Wildman–Crippen MR) is 86.3 cm³/mol. The molecule has 0 spiro atoms. The molecule has 2 aliphatic rings. The summed E-state index contributed by atoms with van der Waals surface area (Å²) >= 11 is 0. The van der Waals surface area contributed by atoms with Crippen LogP contribution in [0.25, 0.3) is 0 Å². The first-order valence-electron chi connectivity index (χ1n) is 7.80. The molecule has 0 radical (unpaired) electrons. The van der Waals surface area contributed by atoms with Crippen LogP contribution in [0.3, 0.4) is 0 Å². The van der Waals surface area contributed by atoms with Gasteiger partial charge in [-0.25, -0.2) is 12.7 Å². The molecule has 0 aromatic heterocycles. The van der Waals surface area contributed by atoms with Gasteiger partial charge in [-0.2, -0.15) is 0 Å².